The smallest absolute Gasteiger partial charge is 0.169 e. The third-order valence-electron chi connectivity index (χ3n) is 2.66. The Kier molecular flexibility index (Phi) is 3.85. The fourth-order valence-electron chi connectivity index (χ4n) is 1.64. The minimum atomic E-state index is -0.467. The van der Waals surface area contributed by atoms with Crippen molar-refractivity contribution in [2.24, 2.45) is 0 Å². The number of hydrogen-bond donors (Lipinski definition) is 1. The third-order valence-corrected chi connectivity index (χ3v) is 2.66. The van der Waals surface area contributed by atoms with Gasteiger partial charge in [-0.1, -0.05) is 24.3 Å². The van der Waals surface area contributed by atoms with Crippen molar-refractivity contribution in [2.75, 3.05) is 7.11 Å². The van der Waals surface area contributed by atoms with Gasteiger partial charge in [-0.3, -0.25) is 0 Å². The Hall–Kier alpha value is -2.00. The van der Waals surface area contributed by atoms with Gasteiger partial charge < -0.3 is 14.6 Å². The van der Waals surface area contributed by atoms with Gasteiger partial charge in [0.25, 0.3) is 0 Å². The van der Waals surface area contributed by atoms with E-state index in [4.69, 9.17) is 9.47 Å². The quantitative estimate of drug-likeness (QED) is 0.894. The summed E-state index contributed by atoms with van der Waals surface area (Å²) in [4.78, 5) is 0. The molecule has 0 spiro atoms. The van der Waals surface area contributed by atoms with Gasteiger partial charge in [-0.15, -0.1) is 0 Å². The van der Waals surface area contributed by atoms with E-state index in [0.29, 0.717) is 17.2 Å². The zero-order valence-electron chi connectivity index (χ0n) is 10.5. The summed E-state index contributed by atoms with van der Waals surface area (Å²) in [6.07, 6.45) is -0.467. The lowest BCUT2D eigenvalue weighted by Gasteiger charge is -2.11. The summed E-state index contributed by atoms with van der Waals surface area (Å²) in [5.41, 5.74) is 0.863. The molecule has 0 aliphatic carbocycles. The Morgan fingerprint density at radius 1 is 0.944 bits per heavy atom. The van der Waals surface area contributed by atoms with Crippen molar-refractivity contribution in [3.63, 3.8) is 0 Å². The molecule has 0 saturated heterocycles. The summed E-state index contributed by atoms with van der Waals surface area (Å²) in [6, 6.07) is 14.8. The number of rotatable bonds is 4. The largest absolute Gasteiger partial charge is 0.493 e. The number of aliphatic hydroxyl groups is 1. The van der Waals surface area contributed by atoms with Crippen LogP contribution in [0.3, 0.4) is 0 Å². The molecule has 0 fully saturated rings. The van der Waals surface area contributed by atoms with Crippen molar-refractivity contribution in [2.45, 2.75) is 13.0 Å². The molecule has 0 unspecified atom stereocenters. The normalized spacial score (nSPS) is 11.9. The van der Waals surface area contributed by atoms with Gasteiger partial charge in [-0.25, -0.2) is 0 Å². The van der Waals surface area contributed by atoms with Crippen LogP contribution in [0.2, 0.25) is 0 Å². The maximum atomic E-state index is 9.43. The lowest BCUT2D eigenvalue weighted by Crippen LogP contribution is -1.92. The van der Waals surface area contributed by atoms with Gasteiger partial charge >= 0.3 is 0 Å². The summed E-state index contributed by atoms with van der Waals surface area (Å²) in [5, 5.41) is 9.43. The Morgan fingerprint density at radius 2 is 1.56 bits per heavy atom. The molecule has 0 saturated carbocycles. The van der Waals surface area contributed by atoms with E-state index in [1.54, 1.807) is 14.0 Å². The van der Waals surface area contributed by atoms with Crippen LogP contribution in [-0.2, 0) is 0 Å². The second-order valence-electron chi connectivity index (χ2n) is 4.00. The molecular formula is C15H16O3. The van der Waals surface area contributed by atoms with E-state index >= 15 is 0 Å². The first kappa shape index (κ1) is 12.5. The van der Waals surface area contributed by atoms with Gasteiger partial charge in [0.2, 0.25) is 0 Å². The predicted molar refractivity (Wildman–Crippen MR) is 70.1 cm³/mol. The van der Waals surface area contributed by atoms with Crippen molar-refractivity contribution in [3.05, 3.63) is 54.1 Å². The van der Waals surface area contributed by atoms with Gasteiger partial charge in [0.1, 0.15) is 5.75 Å². The number of benzene rings is 2. The Bertz CT molecular complexity index is 503. The van der Waals surface area contributed by atoms with Crippen molar-refractivity contribution in [3.8, 4) is 17.2 Å². The Morgan fingerprint density at radius 3 is 2.11 bits per heavy atom. The highest BCUT2D eigenvalue weighted by molar-refractivity contribution is 5.43. The van der Waals surface area contributed by atoms with E-state index in [1.807, 2.05) is 48.5 Å². The zero-order valence-corrected chi connectivity index (χ0v) is 10.5. The molecule has 2 aromatic carbocycles. The number of methoxy groups -OCH3 is 1. The van der Waals surface area contributed by atoms with Crippen LogP contribution in [-0.4, -0.2) is 12.2 Å². The fourth-order valence-corrected chi connectivity index (χ4v) is 1.64. The van der Waals surface area contributed by atoms with E-state index in [2.05, 4.69) is 0 Å². The van der Waals surface area contributed by atoms with Gasteiger partial charge in [0.05, 0.1) is 13.2 Å². The van der Waals surface area contributed by atoms with Crippen LogP contribution in [0, 0.1) is 0 Å². The molecule has 2 aromatic rings. The predicted octanol–water partition coefficient (Wildman–Crippen LogP) is 3.54. The molecule has 3 heteroatoms. The molecule has 0 aliphatic rings. The summed E-state index contributed by atoms with van der Waals surface area (Å²) < 4.78 is 10.9. The first-order valence-corrected chi connectivity index (χ1v) is 5.79. The van der Waals surface area contributed by atoms with Crippen LogP contribution in [0.4, 0.5) is 0 Å². The molecule has 0 bridgehead atoms. The zero-order chi connectivity index (χ0) is 13.0. The topological polar surface area (TPSA) is 38.7 Å². The molecule has 0 aliphatic heterocycles. The molecule has 0 radical (unpaired) electrons. The second-order valence-corrected chi connectivity index (χ2v) is 4.00. The number of ether oxygens (including phenoxy) is 2. The minimum Gasteiger partial charge on any atom is -0.493 e. The van der Waals surface area contributed by atoms with Crippen molar-refractivity contribution < 1.29 is 14.6 Å². The number of para-hydroxylation sites is 2. The van der Waals surface area contributed by atoms with Gasteiger partial charge in [-0.2, -0.15) is 0 Å². The van der Waals surface area contributed by atoms with Gasteiger partial charge in [-0.05, 0) is 36.8 Å². The van der Waals surface area contributed by atoms with Crippen LogP contribution < -0.4 is 9.47 Å². The van der Waals surface area contributed by atoms with Gasteiger partial charge in [0, 0.05) is 0 Å². The van der Waals surface area contributed by atoms with Crippen LogP contribution in [0.15, 0.2) is 48.5 Å². The monoisotopic (exact) mass is 244 g/mol. The molecule has 0 amide bonds. The third kappa shape index (κ3) is 2.81. The molecule has 3 nitrogen and oxygen atoms in total. The molecule has 0 aromatic heterocycles. The van der Waals surface area contributed by atoms with Gasteiger partial charge in [0.15, 0.2) is 11.5 Å². The maximum Gasteiger partial charge on any atom is 0.169 e. The van der Waals surface area contributed by atoms with Crippen LogP contribution in [0.5, 0.6) is 17.2 Å². The highest BCUT2D eigenvalue weighted by Gasteiger charge is 2.05. The van der Waals surface area contributed by atoms with Crippen molar-refractivity contribution in [1.82, 2.24) is 0 Å². The van der Waals surface area contributed by atoms with Crippen molar-refractivity contribution in [1.29, 1.82) is 0 Å². The molecule has 18 heavy (non-hydrogen) atoms. The fraction of sp³-hybridized carbons (Fsp3) is 0.200. The van der Waals surface area contributed by atoms with E-state index in [1.165, 1.54) is 0 Å². The van der Waals surface area contributed by atoms with E-state index < -0.39 is 6.10 Å². The SMILES string of the molecule is COc1ccccc1Oc1ccc([C@@H](C)O)cc1. The Balaban J connectivity index is 2.18. The number of hydrogen-bond acceptors (Lipinski definition) is 3. The lowest BCUT2D eigenvalue weighted by atomic mass is 10.1. The summed E-state index contributed by atoms with van der Waals surface area (Å²) in [7, 11) is 1.61. The molecule has 0 heterocycles. The van der Waals surface area contributed by atoms with Crippen LogP contribution >= 0.6 is 0 Å². The standard InChI is InChI=1S/C15H16O3/c1-11(16)12-7-9-13(10-8-12)18-15-6-4-3-5-14(15)17-2/h3-11,16H,1-2H3/t11-/m1/s1. The molecule has 1 N–H and O–H groups in total. The number of aliphatic hydroxyl groups excluding tert-OH is 1. The van der Waals surface area contributed by atoms with E-state index in [9.17, 15) is 5.11 Å². The minimum absolute atomic E-state index is 0.467. The summed E-state index contributed by atoms with van der Waals surface area (Å²) >= 11 is 0. The first-order chi connectivity index (χ1) is 8.70. The maximum absolute atomic E-state index is 9.43. The molecule has 1 atom stereocenters. The summed E-state index contributed by atoms with van der Waals surface area (Å²) in [5.74, 6) is 2.07. The highest BCUT2D eigenvalue weighted by atomic mass is 16.5. The van der Waals surface area contributed by atoms with Crippen molar-refractivity contribution >= 4 is 0 Å². The van der Waals surface area contributed by atoms with E-state index in [-0.39, 0.29) is 0 Å². The van der Waals surface area contributed by atoms with Crippen LogP contribution in [0.25, 0.3) is 0 Å². The molecule has 2 rings (SSSR count). The first-order valence-electron chi connectivity index (χ1n) is 5.79. The average molecular weight is 244 g/mol. The Labute approximate surface area is 107 Å². The molecule has 94 valence electrons. The average Bonchev–Trinajstić information content (AvgIpc) is 2.40. The highest BCUT2D eigenvalue weighted by Crippen LogP contribution is 2.31. The second kappa shape index (κ2) is 5.56. The lowest BCUT2D eigenvalue weighted by molar-refractivity contribution is 0.199. The van der Waals surface area contributed by atoms with Crippen LogP contribution in [0.1, 0.15) is 18.6 Å². The van der Waals surface area contributed by atoms with E-state index in [0.717, 1.165) is 5.56 Å². The molecular weight excluding hydrogens is 228 g/mol. The summed E-state index contributed by atoms with van der Waals surface area (Å²) in [6.45, 7) is 1.73.